The fourth-order valence-electron chi connectivity index (χ4n) is 4.00. The lowest BCUT2D eigenvalue weighted by Crippen LogP contribution is -2.35. The zero-order valence-corrected chi connectivity index (χ0v) is 14.1. The summed E-state index contributed by atoms with van der Waals surface area (Å²) in [7, 11) is 0. The Labute approximate surface area is 140 Å². The van der Waals surface area contributed by atoms with Crippen molar-refractivity contribution in [1.82, 2.24) is 20.0 Å². The van der Waals surface area contributed by atoms with Crippen LogP contribution in [0.15, 0.2) is 24.3 Å². The number of para-hydroxylation sites is 1. The first-order valence-corrected chi connectivity index (χ1v) is 8.66. The third kappa shape index (κ3) is 2.49. The molecule has 0 spiro atoms. The average molecular weight is 330 g/mol. The van der Waals surface area contributed by atoms with E-state index in [1.54, 1.807) is 0 Å². The predicted octanol–water partition coefficient (Wildman–Crippen LogP) is 2.25. The van der Waals surface area contributed by atoms with Gasteiger partial charge in [0.25, 0.3) is 5.91 Å². The lowest BCUT2D eigenvalue weighted by atomic mass is 10.2. The van der Waals surface area contributed by atoms with Crippen molar-refractivity contribution in [3.05, 3.63) is 30.0 Å². The molecule has 5 nitrogen and oxygen atoms in total. The molecule has 2 heterocycles. The second kappa shape index (κ2) is 5.84. The number of aromatic nitrogens is 2. The van der Waals surface area contributed by atoms with E-state index in [1.807, 2.05) is 28.9 Å². The SMILES string of the molecule is CC(C)n1nc(C(=O)NC2C3CN(CCF)CC32)c2ccccc21. The molecule has 1 aliphatic carbocycles. The van der Waals surface area contributed by atoms with Gasteiger partial charge in [-0.3, -0.25) is 9.48 Å². The van der Waals surface area contributed by atoms with Crippen molar-refractivity contribution in [1.29, 1.82) is 0 Å². The molecular weight excluding hydrogens is 307 g/mol. The second-order valence-corrected chi connectivity index (χ2v) is 7.18. The Balaban J connectivity index is 1.50. The van der Waals surface area contributed by atoms with E-state index in [0.717, 1.165) is 24.0 Å². The van der Waals surface area contributed by atoms with Crippen LogP contribution in [0.4, 0.5) is 4.39 Å². The van der Waals surface area contributed by atoms with Gasteiger partial charge >= 0.3 is 0 Å². The highest BCUT2D eigenvalue weighted by Gasteiger charge is 2.56. The summed E-state index contributed by atoms with van der Waals surface area (Å²) >= 11 is 0. The Kier molecular flexibility index (Phi) is 3.79. The molecule has 128 valence electrons. The summed E-state index contributed by atoms with van der Waals surface area (Å²) in [6.07, 6.45) is 0. The summed E-state index contributed by atoms with van der Waals surface area (Å²) in [6, 6.07) is 8.27. The van der Waals surface area contributed by atoms with Crippen molar-refractivity contribution in [3.8, 4) is 0 Å². The summed E-state index contributed by atoms with van der Waals surface area (Å²) in [4.78, 5) is 14.9. The van der Waals surface area contributed by atoms with Gasteiger partial charge in [0.2, 0.25) is 0 Å². The van der Waals surface area contributed by atoms with Gasteiger partial charge in [-0.15, -0.1) is 0 Å². The lowest BCUT2D eigenvalue weighted by molar-refractivity contribution is 0.0938. The van der Waals surface area contributed by atoms with Crippen LogP contribution in [0.1, 0.15) is 30.4 Å². The highest BCUT2D eigenvalue weighted by atomic mass is 19.1. The largest absolute Gasteiger partial charge is 0.347 e. The maximum Gasteiger partial charge on any atom is 0.272 e. The third-order valence-electron chi connectivity index (χ3n) is 5.29. The minimum atomic E-state index is -0.297. The second-order valence-electron chi connectivity index (χ2n) is 7.18. The number of fused-ring (bicyclic) bond motifs is 2. The van der Waals surface area contributed by atoms with Gasteiger partial charge in [0.15, 0.2) is 5.69 Å². The number of amides is 1. The molecular formula is C18H23FN4O. The van der Waals surface area contributed by atoms with Crippen LogP contribution in [0.3, 0.4) is 0 Å². The van der Waals surface area contributed by atoms with Crippen LogP contribution in [0, 0.1) is 11.8 Å². The number of nitrogens with zero attached hydrogens (tertiary/aromatic N) is 3. The van der Waals surface area contributed by atoms with Crippen molar-refractivity contribution in [3.63, 3.8) is 0 Å². The minimum Gasteiger partial charge on any atom is -0.347 e. The van der Waals surface area contributed by atoms with Gasteiger partial charge in [-0.25, -0.2) is 4.39 Å². The standard InChI is InChI=1S/C18H23FN4O/c1-11(2)23-15-6-4-3-5-12(15)17(21-23)18(24)20-16-13-9-22(8-7-19)10-14(13)16/h3-6,11,13-14,16H,7-10H2,1-2H3,(H,20,24). The van der Waals surface area contributed by atoms with Crippen LogP contribution in [0.2, 0.25) is 0 Å². The number of halogens is 1. The van der Waals surface area contributed by atoms with Gasteiger partial charge in [-0.1, -0.05) is 18.2 Å². The molecule has 1 saturated carbocycles. The fourth-order valence-corrected chi connectivity index (χ4v) is 4.00. The number of nitrogens with one attached hydrogen (secondary N) is 1. The Hall–Kier alpha value is -1.95. The minimum absolute atomic E-state index is 0.0953. The highest BCUT2D eigenvalue weighted by Crippen LogP contribution is 2.45. The van der Waals surface area contributed by atoms with E-state index in [2.05, 4.69) is 29.2 Å². The number of piperidine rings is 1. The molecule has 0 bridgehead atoms. The topological polar surface area (TPSA) is 50.2 Å². The molecule has 0 radical (unpaired) electrons. The zero-order valence-electron chi connectivity index (χ0n) is 14.1. The Morgan fingerprint density at radius 2 is 2.04 bits per heavy atom. The van der Waals surface area contributed by atoms with E-state index in [9.17, 15) is 9.18 Å². The molecule has 24 heavy (non-hydrogen) atoms. The average Bonchev–Trinajstić information content (AvgIpc) is 2.93. The van der Waals surface area contributed by atoms with Crippen LogP contribution >= 0.6 is 0 Å². The molecule has 1 aromatic carbocycles. The van der Waals surface area contributed by atoms with Gasteiger partial charge in [-0.05, 0) is 31.7 Å². The zero-order chi connectivity index (χ0) is 16.8. The molecule has 4 rings (SSSR count). The summed E-state index contributed by atoms with van der Waals surface area (Å²) in [5.74, 6) is 0.847. The molecule has 1 aliphatic heterocycles. The van der Waals surface area contributed by atoms with Gasteiger partial charge in [-0.2, -0.15) is 5.10 Å². The van der Waals surface area contributed by atoms with Crippen molar-refractivity contribution in [2.24, 2.45) is 11.8 Å². The maximum atomic E-state index is 12.7. The highest BCUT2D eigenvalue weighted by molar-refractivity contribution is 6.05. The number of rotatable bonds is 5. The molecule has 1 aromatic heterocycles. The van der Waals surface area contributed by atoms with Crippen molar-refractivity contribution in [2.45, 2.75) is 25.9 Å². The number of benzene rings is 1. The molecule has 1 saturated heterocycles. The van der Waals surface area contributed by atoms with E-state index in [4.69, 9.17) is 0 Å². The summed E-state index contributed by atoms with van der Waals surface area (Å²) < 4.78 is 14.3. The van der Waals surface area contributed by atoms with Crippen molar-refractivity contribution < 1.29 is 9.18 Å². The fraction of sp³-hybridized carbons (Fsp3) is 0.556. The first-order chi connectivity index (χ1) is 11.6. The summed E-state index contributed by atoms with van der Waals surface area (Å²) in [5, 5.41) is 8.59. The van der Waals surface area contributed by atoms with Crippen molar-refractivity contribution >= 4 is 16.8 Å². The number of hydrogen-bond acceptors (Lipinski definition) is 3. The molecule has 2 atom stereocenters. The number of likely N-dealkylation sites (tertiary alicyclic amines) is 1. The smallest absolute Gasteiger partial charge is 0.272 e. The maximum absolute atomic E-state index is 12.7. The first kappa shape index (κ1) is 15.6. The van der Waals surface area contributed by atoms with Crippen LogP contribution in [0.5, 0.6) is 0 Å². The molecule has 2 aromatic rings. The quantitative estimate of drug-likeness (QED) is 0.915. The molecule has 6 heteroatoms. The van der Waals surface area contributed by atoms with Crippen LogP contribution in [-0.4, -0.2) is 52.9 Å². The third-order valence-corrected chi connectivity index (χ3v) is 5.29. The van der Waals surface area contributed by atoms with E-state index in [1.165, 1.54) is 0 Å². The summed E-state index contributed by atoms with van der Waals surface area (Å²) in [5.41, 5.74) is 1.49. The monoisotopic (exact) mass is 330 g/mol. The van der Waals surface area contributed by atoms with Gasteiger partial charge in [0.1, 0.15) is 6.67 Å². The van der Waals surface area contributed by atoms with Crippen molar-refractivity contribution in [2.75, 3.05) is 26.3 Å². The van der Waals surface area contributed by atoms with E-state index >= 15 is 0 Å². The Morgan fingerprint density at radius 1 is 1.33 bits per heavy atom. The number of hydrogen-bond donors (Lipinski definition) is 1. The van der Waals surface area contributed by atoms with Crippen LogP contribution in [-0.2, 0) is 0 Å². The van der Waals surface area contributed by atoms with Gasteiger partial charge in [0.05, 0.1) is 5.52 Å². The van der Waals surface area contributed by atoms with Crippen LogP contribution in [0.25, 0.3) is 10.9 Å². The molecule has 2 unspecified atom stereocenters. The van der Waals surface area contributed by atoms with E-state index in [0.29, 0.717) is 24.1 Å². The number of carbonyl (C=O) groups excluding carboxylic acids is 1. The van der Waals surface area contributed by atoms with Crippen LogP contribution < -0.4 is 5.32 Å². The Morgan fingerprint density at radius 3 is 2.71 bits per heavy atom. The Bertz CT molecular complexity index is 759. The molecule has 1 N–H and O–H groups in total. The lowest BCUT2D eigenvalue weighted by Gasteiger charge is -2.17. The normalized spacial score (nSPS) is 26.1. The van der Waals surface area contributed by atoms with E-state index < -0.39 is 0 Å². The summed E-state index contributed by atoms with van der Waals surface area (Å²) in [6.45, 7) is 6.12. The van der Waals surface area contributed by atoms with Gasteiger partial charge < -0.3 is 10.2 Å². The number of carbonyl (C=O) groups is 1. The molecule has 2 fully saturated rings. The van der Waals surface area contributed by atoms with E-state index in [-0.39, 0.29) is 24.7 Å². The molecule has 2 aliphatic rings. The first-order valence-electron chi connectivity index (χ1n) is 8.66. The molecule has 1 amide bonds. The number of alkyl halides is 1. The van der Waals surface area contributed by atoms with Gasteiger partial charge in [0, 0.05) is 37.1 Å². The predicted molar refractivity (Wildman–Crippen MR) is 90.8 cm³/mol.